The minimum absolute atomic E-state index is 0.303. The molecule has 0 aromatic rings. The summed E-state index contributed by atoms with van der Waals surface area (Å²) < 4.78 is 73.5. The average Bonchev–Trinajstić information content (AvgIpc) is 2.77. The van der Waals surface area contributed by atoms with Crippen LogP contribution in [0.25, 0.3) is 0 Å². The molecule has 0 aliphatic carbocycles. The SMILES string of the molecule is CCC(=O)ON1CC1(C(F)(F)F)C(F)(F)F. The highest BCUT2D eigenvalue weighted by atomic mass is 19.4. The number of alkyl halides is 6. The van der Waals surface area contributed by atoms with Gasteiger partial charge < -0.3 is 4.84 Å². The molecule has 1 unspecified atom stereocenters. The summed E-state index contributed by atoms with van der Waals surface area (Å²) in [4.78, 5) is 14.5. The van der Waals surface area contributed by atoms with Gasteiger partial charge in [-0.3, -0.25) is 4.79 Å². The number of nitrogens with zero attached hydrogens (tertiary/aromatic N) is 1. The first-order valence-electron chi connectivity index (χ1n) is 4.18. The van der Waals surface area contributed by atoms with Crippen LogP contribution in [-0.2, 0) is 9.63 Å². The van der Waals surface area contributed by atoms with Crippen molar-refractivity contribution in [1.29, 1.82) is 0 Å². The molecule has 0 aromatic carbocycles. The molecule has 0 saturated carbocycles. The molecular weight excluding hydrogens is 244 g/mol. The van der Waals surface area contributed by atoms with E-state index in [1.165, 1.54) is 6.92 Å². The van der Waals surface area contributed by atoms with E-state index < -0.39 is 35.5 Å². The molecule has 1 aliphatic rings. The normalized spacial score (nSPS) is 24.1. The van der Waals surface area contributed by atoms with Gasteiger partial charge in [-0.1, -0.05) is 6.92 Å². The molecule has 0 N–H and O–H groups in total. The van der Waals surface area contributed by atoms with Crippen LogP contribution in [0.15, 0.2) is 0 Å². The van der Waals surface area contributed by atoms with Gasteiger partial charge in [0.25, 0.3) is 5.54 Å². The minimum atomic E-state index is -5.53. The first-order valence-corrected chi connectivity index (χ1v) is 4.18. The standard InChI is InChI=1S/C7H7F6NO2/c1-2-4(15)16-14-3-5(14,6(8,9)10)7(11,12)13/h2-3H2,1H3. The number of carbonyl (C=O) groups excluding carboxylic acids is 1. The van der Waals surface area contributed by atoms with Gasteiger partial charge in [-0.25, -0.2) is 0 Å². The van der Waals surface area contributed by atoms with E-state index in [0.29, 0.717) is 0 Å². The molecule has 9 heteroatoms. The number of hydrogen-bond donors (Lipinski definition) is 0. The number of carbonyl (C=O) groups is 1. The topological polar surface area (TPSA) is 29.3 Å². The predicted molar refractivity (Wildman–Crippen MR) is 37.9 cm³/mol. The van der Waals surface area contributed by atoms with Crippen molar-refractivity contribution >= 4 is 5.97 Å². The van der Waals surface area contributed by atoms with Crippen LogP contribution < -0.4 is 0 Å². The summed E-state index contributed by atoms with van der Waals surface area (Å²) in [5, 5.41) is -0.390. The maximum absolute atomic E-state index is 12.2. The first-order chi connectivity index (χ1) is 7.06. The Morgan fingerprint density at radius 1 is 1.25 bits per heavy atom. The molecule has 94 valence electrons. The summed E-state index contributed by atoms with van der Waals surface area (Å²) in [6.45, 7) is -0.152. The second kappa shape index (κ2) is 3.51. The summed E-state index contributed by atoms with van der Waals surface area (Å²) in [5.41, 5.74) is -4.04. The zero-order valence-corrected chi connectivity index (χ0v) is 7.95. The van der Waals surface area contributed by atoms with E-state index in [1.54, 1.807) is 0 Å². The number of hydrogen-bond acceptors (Lipinski definition) is 3. The summed E-state index contributed by atoms with van der Waals surface area (Å²) in [7, 11) is 0. The van der Waals surface area contributed by atoms with Gasteiger partial charge in [-0.05, 0) is 0 Å². The molecule has 0 spiro atoms. The molecule has 0 aromatic heterocycles. The Hall–Kier alpha value is -0.990. The van der Waals surface area contributed by atoms with Crippen LogP contribution >= 0.6 is 0 Å². The Morgan fingerprint density at radius 3 is 1.94 bits per heavy atom. The van der Waals surface area contributed by atoms with E-state index in [-0.39, 0.29) is 6.42 Å². The summed E-state index contributed by atoms with van der Waals surface area (Å²) in [6.07, 6.45) is -11.4. The van der Waals surface area contributed by atoms with Crippen LogP contribution in [0.3, 0.4) is 0 Å². The highest BCUT2D eigenvalue weighted by Gasteiger charge is 2.85. The fraction of sp³-hybridized carbons (Fsp3) is 0.857. The average molecular weight is 251 g/mol. The van der Waals surface area contributed by atoms with Crippen LogP contribution in [0.1, 0.15) is 13.3 Å². The molecule has 16 heavy (non-hydrogen) atoms. The van der Waals surface area contributed by atoms with Crippen molar-refractivity contribution in [1.82, 2.24) is 5.06 Å². The van der Waals surface area contributed by atoms with Crippen molar-refractivity contribution in [3.05, 3.63) is 0 Å². The molecule has 0 bridgehead atoms. The van der Waals surface area contributed by atoms with Gasteiger partial charge in [0.1, 0.15) is 0 Å². The van der Waals surface area contributed by atoms with Crippen LogP contribution in [-0.4, -0.2) is 35.5 Å². The molecule has 1 saturated heterocycles. The Kier molecular flexibility index (Phi) is 2.86. The van der Waals surface area contributed by atoms with E-state index >= 15 is 0 Å². The second-order valence-corrected chi connectivity index (χ2v) is 3.21. The minimum Gasteiger partial charge on any atom is -0.367 e. The quantitative estimate of drug-likeness (QED) is 0.555. The third-order valence-corrected chi connectivity index (χ3v) is 2.13. The maximum atomic E-state index is 12.2. The molecule has 0 radical (unpaired) electrons. The second-order valence-electron chi connectivity index (χ2n) is 3.21. The van der Waals surface area contributed by atoms with Gasteiger partial charge in [0.2, 0.25) is 0 Å². The van der Waals surface area contributed by atoms with Crippen molar-refractivity contribution in [2.24, 2.45) is 0 Å². The lowest BCUT2D eigenvalue weighted by molar-refractivity contribution is -0.301. The van der Waals surface area contributed by atoms with Gasteiger partial charge in [0, 0.05) is 6.42 Å². The number of hydroxylamine groups is 2. The van der Waals surface area contributed by atoms with Crippen molar-refractivity contribution in [2.45, 2.75) is 31.2 Å². The monoisotopic (exact) mass is 251 g/mol. The van der Waals surface area contributed by atoms with E-state index in [4.69, 9.17) is 0 Å². The van der Waals surface area contributed by atoms with Gasteiger partial charge in [0.15, 0.2) is 0 Å². The van der Waals surface area contributed by atoms with E-state index in [0.717, 1.165) is 0 Å². The zero-order chi connectivity index (χ0) is 12.8. The van der Waals surface area contributed by atoms with Crippen molar-refractivity contribution in [3.8, 4) is 0 Å². The van der Waals surface area contributed by atoms with Gasteiger partial charge >= 0.3 is 18.3 Å². The third-order valence-electron chi connectivity index (χ3n) is 2.13. The molecule has 1 atom stereocenters. The maximum Gasteiger partial charge on any atom is 0.420 e. The predicted octanol–water partition coefficient (Wildman–Crippen LogP) is 2.03. The Bertz CT molecular complexity index is 282. The highest BCUT2D eigenvalue weighted by molar-refractivity contribution is 5.68. The van der Waals surface area contributed by atoms with E-state index in [1.807, 2.05) is 0 Å². The third kappa shape index (κ3) is 1.83. The van der Waals surface area contributed by atoms with Crippen molar-refractivity contribution < 1.29 is 36.0 Å². The molecule has 1 aliphatic heterocycles. The van der Waals surface area contributed by atoms with Crippen LogP contribution in [0.2, 0.25) is 0 Å². The smallest absolute Gasteiger partial charge is 0.367 e. The van der Waals surface area contributed by atoms with E-state index in [2.05, 4.69) is 4.84 Å². The molecule has 1 fully saturated rings. The van der Waals surface area contributed by atoms with Gasteiger partial charge in [0.05, 0.1) is 6.54 Å². The summed E-state index contributed by atoms with van der Waals surface area (Å²) in [5.74, 6) is -1.14. The lowest BCUT2D eigenvalue weighted by atomic mass is 10.1. The highest BCUT2D eigenvalue weighted by Crippen LogP contribution is 2.56. The van der Waals surface area contributed by atoms with E-state index in [9.17, 15) is 31.1 Å². The van der Waals surface area contributed by atoms with Crippen LogP contribution in [0.4, 0.5) is 26.3 Å². The fourth-order valence-electron chi connectivity index (χ4n) is 1.09. The lowest BCUT2D eigenvalue weighted by Gasteiger charge is -2.22. The first kappa shape index (κ1) is 13.1. The van der Waals surface area contributed by atoms with Gasteiger partial charge in [-0.15, -0.1) is 5.06 Å². The molecule has 1 rings (SSSR count). The fourth-order valence-corrected chi connectivity index (χ4v) is 1.09. The lowest BCUT2D eigenvalue weighted by Crippen LogP contribution is -2.49. The Labute approximate surface area is 85.9 Å². The molecule has 1 heterocycles. The van der Waals surface area contributed by atoms with Crippen LogP contribution in [0, 0.1) is 0 Å². The van der Waals surface area contributed by atoms with Crippen molar-refractivity contribution in [3.63, 3.8) is 0 Å². The number of rotatable bonds is 2. The molecule has 3 nitrogen and oxygen atoms in total. The van der Waals surface area contributed by atoms with Crippen LogP contribution in [0.5, 0.6) is 0 Å². The summed E-state index contributed by atoms with van der Waals surface area (Å²) >= 11 is 0. The van der Waals surface area contributed by atoms with Crippen molar-refractivity contribution in [2.75, 3.05) is 6.54 Å². The Morgan fingerprint density at radius 2 is 1.69 bits per heavy atom. The Balaban J connectivity index is 2.86. The van der Waals surface area contributed by atoms with Gasteiger partial charge in [-0.2, -0.15) is 26.3 Å². The largest absolute Gasteiger partial charge is 0.420 e. The zero-order valence-electron chi connectivity index (χ0n) is 7.95. The number of halogens is 6. The molecular formula is C7H7F6NO2. The molecule has 0 amide bonds. The summed E-state index contributed by atoms with van der Waals surface area (Å²) in [6, 6.07) is 0.